The predicted octanol–water partition coefficient (Wildman–Crippen LogP) is 2.59. The Morgan fingerprint density at radius 1 is 1.35 bits per heavy atom. The van der Waals surface area contributed by atoms with Crippen molar-refractivity contribution in [2.24, 2.45) is 0 Å². The van der Waals surface area contributed by atoms with E-state index < -0.39 is 17.7 Å². The van der Waals surface area contributed by atoms with Gasteiger partial charge in [-0.25, -0.2) is 0 Å². The summed E-state index contributed by atoms with van der Waals surface area (Å²) < 4.78 is 41.3. The summed E-state index contributed by atoms with van der Waals surface area (Å²) in [5.41, 5.74) is 0.459. The first-order valence-electron chi connectivity index (χ1n) is 7.58. The van der Waals surface area contributed by atoms with Crippen molar-refractivity contribution >= 4 is 5.91 Å². The highest BCUT2D eigenvalue weighted by atomic mass is 19.4. The van der Waals surface area contributed by atoms with E-state index in [-0.39, 0.29) is 13.2 Å². The number of ether oxygens (including phenoxy) is 1. The van der Waals surface area contributed by atoms with Crippen LogP contribution in [-0.4, -0.2) is 35.9 Å². The van der Waals surface area contributed by atoms with E-state index in [1.54, 1.807) is 23.5 Å². The Kier molecular flexibility index (Phi) is 5.51. The zero-order valence-corrected chi connectivity index (χ0v) is 12.7. The van der Waals surface area contributed by atoms with Gasteiger partial charge < -0.3 is 15.2 Å². The molecule has 0 unspecified atom stereocenters. The normalized spacial score (nSPS) is 16.5. The number of amides is 1. The second-order valence-corrected chi connectivity index (χ2v) is 5.83. The zero-order chi connectivity index (χ0) is 16.9. The highest BCUT2D eigenvalue weighted by Crippen LogP contribution is 2.35. The molecule has 0 heterocycles. The summed E-state index contributed by atoms with van der Waals surface area (Å²) in [6.45, 7) is -0.266. The number of aryl methyl sites for hydroxylation is 1. The molecule has 1 fully saturated rings. The van der Waals surface area contributed by atoms with Crippen LogP contribution < -0.4 is 10.1 Å². The molecule has 0 radical (unpaired) electrons. The Balaban J connectivity index is 1.73. The fourth-order valence-electron chi connectivity index (χ4n) is 2.44. The second-order valence-electron chi connectivity index (χ2n) is 5.83. The molecule has 1 aliphatic carbocycles. The SMILES string of the molecule is O=C(NCCOc1cccc(CCC2(O)CCC2)c1)C(F)(F)F. The van der Waals surface area contributed by atoms with Crippen molar-refractivity contribution in [1.82, 2.24) is 5.32 Å². The molecule has 1 aromatic carbocycles. The maximum absolute atomic E-state index is 12.0. The molecule has 2 rings (SSSR count). The molecule has 0 aromatic heterocycles. The van der Waals surface area contributed by atoms with Gasteiger partial charge in [0.2, 0.25) is 0 Å². The lowest BCUT2D eigenvalue weighted by molar-refractivity contribution is -0.173. The second kappa shape index (κ2) is 7.21. The molecular weight excluding hydrogens is 311 g/mol. The minimum atomic E-state index is -4.87. The summed E-state index contributed by atoms with van der Waals surface area (Å²) in [6, 6.07) is 7.21. The van der Waals surface area contributed by atoms with Crippen LogP contribution in [0, 0.1) is 0 Å². The summed E-state index contributed by atoms with van der Waals surface area (Å²) in [5.74, 6) is -1.44. The molecule has 0 atom stereocenters. The van der Waals surface area contributed by atoms with E-state index in [0.29, 0.717) is 12.2 Å². The molecular formula is C16H20F3NO3. The van der Waals surface area contributed by atoms with Gasteiger partial charge in [0, 0.05) is 0 Å². The molecule has 1 aliphatic rings. The van der Waals surface area contributed by atoms with E-state index in [1.165, 1.54) is 0 Å². The average Bonchev–Trinajstić information content (AvgIpc) is 2.47. The van der Waals surface area contributed by atoms with Gasteiger partial charge in [-0.3, -0.25) is 4.79 Å². The van der Waals surface area contributed by atoms with Crippen molar-refractivity contribution in [2.75, 3.05) is 13.2 Å². The van der Waals surface area contributed by atoms with Crippen LogP contribution in [0.4, 0.5) is 13.2 Å². The summed E-state index contributed by atoms with van der Waals surface area (Å²) in [6.07, 6.45) is -0.730. The van der Waals surface area contributed by atoms with Gasteiger partial charge in [0.15, 0.2) is 0 Å². The first-order valence-corrected chi connectivity index (χ1v) is 7.58. The third kappa shape index (κ3) is 5.42. The number of rotatable bonds is 7. The molecule has 23 heavy (non-hydrogen) atoms. The number of hydrogen-bond acceptors (Lipinski definition) is 3. The molecule has 1 aromatic rings. The van der Waals surface area contributed by atoms with E-state index >= 15 is 0 Å². The lowest BCUT2D eigenvalue weighted by Crippen LogP contribution is -2.38. The van der Waals surface area contributed by atoms with Gasteiger partial charge in [0.05, 0.1) is 12.1 Å². The van der Waals surface area contributed by atoms with Crippen LogP contribution in [0.3, 0.4) is 0 Å². The van der Waals surface area contributed by atoms with Crippen LogP contribution >= 0.6 is 0 Å². The van der Waals surface area contributed by atoms with Gasteiger partial charge in [-0.15, -0.1) is 0 Å². The Bertz CT molecular complexity index is 542. The van der Waals surface area contributed by atoms with Crippen LogP contribution in [0.15, 0.2) is 24.3 Å². The number of alkyl halides is 3. The van der Waals surface area contributed by atoms with Crippen LogP contribution in [-0.2, 0) is 11.2 Å². The van der Waals surface area contributed by atoms with Crippen LogP contribution in [0.5, 0.6) is 5.75 Å². The van der Waals surface area contributed by atoms with Crippen molar-refractivity contribution in [3.63, 3.8) is 0 Å². The predicted molar refractivity (Wildman–Crippen MR) is 78.1 cm³/mol. The van der Waals surface area contributed by atoms with Crippen molar-refractivity contribution in [1.29, 1.82) is 0 Å². The third-order valence-electron chi connectivity index (χ3n) is 3.98. The maximum atomic E-state index is 12.0. The van der Waals surface area contributed by atoms with E-state index in [0.717, 1.165) is 31.2 Å². The number of hydrogen-bond donors (Lipinski definition) is 2. The topological polar surface area (TPSA) is 58.6 Å². The molecule has 128 valence electrons. The maximum Gasteiger partial charge on any atom is 0.471 e. The fourth-order valence-corrected chi connectivity index (χ4v) is 2.44. The third-order valence-corrected chi connectivity index (χ3v) is 3.98. The highest BCUT2D eigenvalue weighted by molar-refractivity contribution is 5.81. The zero-order valence-electron chi connectivity index (χ0n) is 12.7. The van der Waals surface area contributed by atoms with E-state index in [2.05, 4.69) is 0 Å². The number of carbonyl (C=O) groups is 1. The monoisotopic (exact) mass is 331 g/mol. The molecule has 4 nitrogen and oxygen atoms in total. The molecule has 2 N–H and O–H groups in total. The van der Waals surface area contributed by atoms with Crippen LogP contribution in [0.2, 0.25) is 0 Å². The summed E-state index contributed by atoms with van der Waals surface area (Å²) in [4.78, 5) is 10.6. The first-order chi connectivity index (χ1) is 10.8. The first kappa shape index (κ1) is 17.6. The van der Waals surface area contributed by atoms with Crippen molar-refractivity contribution < 1.29 is 27.8 Å². The number of aliphatic hydroxyl groups is 1. The van der Waals surface area contributed by atoms with Gasteiger partial charge in [-0.05, 0) is 49.8 Å². The molecule has 1 saturated carbocycles. The lowest BCUT2D eigenvalue weighted by Gasteiger charge is -2.36. The Labute approximate surface area is 132 Å². The minimum absolute atomic E-state index is 0.0464. The number of halogens is 3. The minimum Gasteiger partial charge on any atom is -0.492 e. The molecule has 0 saturated heterocycles. The van der Waals surface area contributed by atoms with Gasteiger partial charge in [0.25, 0.3) is 0 Å². The average molecular weight is 331 g/mol. The Morgan fingerprint density at radius 3 is 2.70 bits per heavy atom. The molecule has 7 heteroatoms. The molecule has 1 amide bonds. The van der Waals surface area contributed by atoms with Crippen LogP contribution in [0.1, 0.15) is 31.2 Å². The van der Waals surface area contributed by atoms with E-state index in [1.807, 2.05) is 6.07 Å². The summed E-state index contributed by atoms with van der Waals surface area (Å²) in [7, 11) is 0. The van der Waals surface area contributed by atoms with Crippen molar-refractivity contribution in [2.45, 2.75) is 43.9 Å². The number of nitrogens with one attached hydrogen (secondary N) is 1. The van der Waals surface area contributed by atoms with Gasteiger partial charge in [-0.1, -0.05) is 12.1 Å². The van der Waals surface area contributed by atoms with E-state index in [9.17, 15) is 23.1 Å². The Morgan fingerprint density at radius 2 is 2.09 bits per heavy atom. The van der Waals surface area contributed by atoms with Crippen molar-refractivity contribution in [3.05, 3.63) is 29.8 Å². The number of benzene rings is 1. The van der Waals surface area contributed by atoms with Crippen molar-refractivity contribution in [3.8, 4) is 5.75 Å². The Hall–Kier alpha value is -1.76. The molecule has 0 bridgehead atoms. The summed E-state index contributed by atoms with van der Waals surface area (Å²) >= 11 is 0. The standard InChI is InChI=1S/C16H20F3NO3/c17-16(18,19)14(21)20-9-10-23-13-4-1-3-12(11-13)5-8-15(22)6-2-7-15/h1,3-4,11,22H,2,5-10H2,(H,20,21). The summed E-state index contributed by atoms with van der Waals surface area (Å²) in [5, 5.41) is 11.8. The van der Waals surface area contributed by atoms with Gasteiger partial charge >= 0.3 is 12.1 Å². The number of carbonyl (C=O) groups excluding carboxylic acids is 1. The molecule has 0 aliphatic heterocycles. The van der Waals surface area contributed by atoms with Crippen LogP contribution in [0.25, 0.3) is 0 Å². The van der Waals surface area contributed by atoms with E-state index in [4.69, 9.17) is 4.74 Å². The quantitative estimate of drug-likeness (QED) is 0.755. The highest BCUT2D eigenvalue weighted by Gasteiger charge is 2.38. The largest absolute Gasteiger partial charge is 0.492 e. The van der Waals surface area contributed by atoms with Gasteiger partial charge in [-0.2, -0.15) is 13.2 Å². The molecule has 0 spiro atoms. The smallest absolute Gasteiger partial charge is 0.471 e. The fraction of sp³-hybridized carbons (Fsp3) is 0.562. The lowest BCUT2D eigenvalue weighted by atomic mass is 9.76. The van der Waals surface area contributed by atoms with Gasteiger partial charge in [0.1, 0.15) is 12.4 Å².